The van der Waals surface area contributed by atoms with E-state index >= 15 is 0 Å². The fourth-order valence-corrected chi connectivity index (χ4v) is 9.06. The Morgan fingerprint density at radius 2 is 1.67 bits per heavy atom. The van der Waals surface area contributed by atoms with E-state index in [1.807, 2.05) is 13.8 Å². The molecule has 8 heteroatoms. The van der Waals surface area contributed by atoms with Crippen molar-refractivity contribution in [2.24, 2.45) is 0 Å². The molecule has 3 rings (SSSR count). The molecule has 1 N–H and O–H groups in total. The maximum atomic E-state index is 13.4. The molecule has 0 aromatic heterocycles. The van der Waals surface area contributed by atoms with Crippen LogP contribution in [0.3, 0.4) is 0 Å². The average molecular weight is 416 g/mol. The molecule has 1 aromatic carbocycles. The van der Waals surface area contributed by atoms with Crippen molar-refractivity contribution in [3.8, 4) is 5.75 Å². The molecule has 0 unspecified atom stereocenters. The minimum Gasteiger partial charge on any atom is -0.495 e. The van der Waals surface area contributed by atoms with E-state index in [1.165, 1.54) is 13.5 Å². The third-order valence-electron chi connectivity index (χ3n) is 5.84. The van der Waals surface area contributed by atoms with Crippen molar-refractivity contribution in [3.05, 3.63) is 23.3 Å². The van der Waals surface area contributed by atoms with Gasteiger partial charge >= 0.3 is 0 Å². The van der Waals surface area contributed by atoms with Crippen LogP contribution >= 0.6 is 0 Å². The highest BCUT2D eigenvalue weighted by atomic mass is 32.2. The Hall–Kier alpha value is -1.12. The van der Waals surface area contributed by atoms with Gasteiger partial charge in [0.2, 0.25) is 0 Å². The van der Waals surface area contributed by atoms with Gasteiger partial charge in [0.1, 0.15) is 10.6 Å². The van der Waals surface area contributed by atoms with Crippen molar-refractivity contribution in [1.29, 1.82) is 0 Å². The number of rotatable bonds is 5. The second kappa shape index (κ2) is 7.72. The zero-order valence-electron chi connectivity index (χ0n) is 16.2. The molecule has 2 fully saturated rings. The maximum Gasteiger partial charge on any atom is 0.187 e. The van der Waals surface area contributed by atoms with Crippen molar-refractivity contribution >= 4 is 19.7 Å². The summed E-state index contributed by atoms with van der Waals surface area (Å²) in [6.45, 7) is 3.73. The Balaban J connectivity index is 1.97. The predicted octanol–water partition coefficient (Wildman–Crippen LogP) is 2.17. The summed E-state index contributed by atoms with van der Waals surface area (Å²) < 4.78 is 56.8. The predicted molar refractivity (Wildman–Crippen MR) is 106 cm³/mol. The third kappa shape index (κ3) is 4.32. The van der Waals surface area contributed by atoms with E-state index < -0.39 is 31.0 Å². The molecule has 0 radical (unpaired) electrons. The van der Waals surface area contributed by atoms with E-state index in [9.17, 15) is 16.8 Å². The van der Waals surface area contributed by atoms with E-state index in [1.54, 1.807) is 12.1 Å². The number of sulfone groups is 2. The van der Waals surface area contributed by atoms with Gasteiger partial charge in [-0.1, -0.05) is 19.3 Å². The number of nitrogens with one attached hydrogen (secondary N) is 1. The standard InChI is InChI=1S/C19H29NO5S2/c1-13-9-17(25-3)18(10-14(13)2)27(23,24)19-12-26(21,22)11-16(19)20-15-7-5-4-6-8-15/h9-10,15-16,19-20H,4-8,11-12H2,1-3H3/t16-,19-/m0/s1. The smallest absolute Gasteiger partial charge is 0.187 e. The van der Waals surface area contributed by atoms with Crippen LogP contribution in [0.4, 0.5) is 0 Å². The molecule has 0 amide bonds. The summed E-state index contributed by atoms with van der Waals surface area (Å²) in [5.41, 5.74) is 1.77. The van der Waals surface area contributed by atoms with E-state index in [-0.39, 0.29) is 28.2 Å². The fourth-order valence-electron chi connectivity index (χ4n) is 4.16. The zero-order chi connectivity index (χ0) is 19.8. The molecule has 1 aliphatic carbocycles. The second-order valence-electron chi connectivity index (χ2n) is 7.86. The van der Waals surface area contributed by atoms with E-state index in [0.29, 0.717) is 0 Å². The third-order valence-corrected chi connectivity index (χ3v) is 10.0. The van der Waals surface area contributed by atoms with Gasteiger partial charge < -0.3 is 10.1 Å². The van der Waals surface area contributed by atoms with Gasteiger partial charge in [-0.25, -0.2) is 16.8 Å². The summed E-state index contributed by atoms with van der Waals surface area (Å²) in [4.78, 5) is 0.0886. The van der Waals surface area contributed by atoms with Crippen LogP contribution in [0.5, 0.6) is 5.75 Å². The van der Waals surface area contributed by atoms with Gasteiger partial charge in [-0.3, -0.25) is 0 Å². The monoisotopic (exact) mass is 415 g/mol. The molecule has 1 heterocycles. The first-order valence-electron chi connectivity index (χ1n) is 9.49. The second-order valence-corrected chi connectivity index (χ2v) is 12.1. The van der Waals surface area contributed by atoms with Crippen LogP contribution in [0, 0.1) is 13.8 Å². The topological polar surface area (TPSA) is 89.5 Å². The molecule has 2 aliphatic rings. The summed E-state index contributed by atoms with van der Waals surface area (Å²) in [5.74, 6) is -0.185. The highest BCUT2D eigenvalue weighted by Gasteiger charge is 2.47. The first-order valence-corrected chi connectivity index (χ1v) is 12.9. The van der Waals surface area contributed by atoms with Gasteiger partial charge in [0.05, 0.1) is 23.9 Å². The van der Waals surface area contributed by atoms with Crippen molar-refractivity contribution in [2.45, 2.75) is 68.2 Å². The zero-order valence-corrected chi connectivity index (χ0v) is 17.8. The number of ether oxygens (including phenoxy) is 1. The largest absolute Gasteiger partial charge is 0.495 e. The van der Waals surface area contributed by atoms with E-state index in [0.717, 1.165) is 36.8 Å². The van der Waals surface area contributed by atoms with Crippen LogP contribution < -0.4 is 10.1 Å². The number of hydrogen-bond donors (Lipinski definition) is 1. The lowest BCUT2D eigenvalue weighted by molar-refractivity contribution is 0.345. The highest BCUT2D eigenvalue weighted by Crippen LogP contribution is 2.34. The van der Waals surface area contributed by atoms with Crippen molar-refractivity contribution in [3.63, 3.8) is 0 Å². The molecular formula is C19H29NO5S2. The van der Waals surface area contributed by atoms with Crippen LogP contribution in [-0.4, -0.2) is 52.8 Å². The Morgan fingerprint density at radius 3 is 2.30 bits per heavy atom. The Morgan fingerprint density at radius 1 is 1.04 bits per heavy atom. The van der Waals surface area contributed by atoms with Crippen molar-refractivity contribution < 1.29 is 21.6 Å². The summed E-state index contributed by atoms with van der Waals surface area (Å²) in [6.07, 6.45) is 5.31. The van der Waals surface area contributed by atoms with Gasteiger partial charge in [-0.15, -0.1) is 0 Å². The minimum atomic E-state index is -3.86. The lowest BCUT2D eigenvalue weighted by Crippen LogP contribution is -2.48. The molecule has 6 nitrogen and oxygen atoms in total. The molecule has 1 aliphatic heterocycles. The van der Waals surface area contributed by atoms with E-state index in [4.69, 9.17) is 4.74 Å². The average Bonchev–Trinajstić information content (AvgIpc) is 2.92. The number of benzene rings is 1. The molecule has 152 valence electrons. The quantitative estimate of drug-likeness (QED) is 0.793. The summed E-state index contributed by atoms with van der Waals surface area (Å²) in [5, 5.41) is 2.38. The highest BCUT2D eigenvalue weighted by molar-refractivity contribution is 7.96. The number of methoxy groups -OCH3 is 1. The molecular weight excluding hydrogens is 386 g/mol. The van der Waals surface area contributed by atoms with Crippen LogP contribution in [0.1, 0.15) is 43.2 Å². The lowest BCUT2D eigenvalue weighted by atomic mass is 9.95. The summed E-state index contributed by atoms with van der Waals surface area (Å²) >= 11 is 0. The fraction of sp³-hybridized carbons (Fsp3) is 0.684. The van der Waals surface area contributed by atoms with Gasteiger partial charge in [-0.2, -0.15) is 0 Å². The number of aryl methyl sites for hydroxylation is 2. The Kier molecular flexibility index (Phi) is 5.89. The maximum absolute atomic E-state index is 13.4. The van der Waals surface area contributed by atoms with Gasteiger partial charge in [0.15, 0.2) is 19.7 Å². The van der Waals surface area contributed by atoms with Crippen LogP contribution in [0.15, 0.2) is 17.0 Å². The molecule has 2 atom stereocenters. The molecule has 0 spiro atoms. The first-order chi connectivity index (χ1) is 12.6. The number of hydrogen-bond acceptors (Lipinski definition) is 6. The normalized spacial score (nSPS) is 26.2. The van der Waals surface area contributed by atoms with Gasteiger partial charge in [-0.05, 0) is 49.9 Å². The molecule has 27 heavy (non-hydrogen) atoms. The van der Waals surface area contributed by atoms with Crippen LogP contribution in [-0.2, 0) is 19.7 Å². The molecule has 1 saturated carbocycles. The van der Waals surface area contributed by atoms with Gasteiger partial charge in [0, 0.05) is 12.1 Å². The van der Waals surface area contributed by atoms with Crippen LogP contribution in [0.2, 0.25) is 0 Å². The van der Waals surface area contributed by atoms with Gasteiger partial charge in [0.25, 0.3) is 0 Å². The van der Waals surface area contributed by atoms with Crippen LogP contribution in [0.25, 0.3) is 0 Å². The molecule has 0 bridgehead atoms. The Bertz CT molecular complexity index is 902. The Labute approximate surface area is 162 Å². The summed E-state index contributed by atoms with van der Waals surface area (Å²) in [6, 6.07) is 2.92. The SMILES string of the molecule is COc1cc(C)c(C)cc1S(=O)(=O)[C@H]1CS(=O)(=O)C[C@@H]1NC1CCCCC1. The van der Waals surface area contributed by atoms with Crippen molar-refractivity contribution in [1.82, 2.24) is 5.32 Å². The first kappa shape index (κ1) is 20.6. The lowest BCUT2D eigenvalue weighted by Gasteiger charge is -2.29. The van der Waals surface area contributed by atoms with E-state index in [2.05, 4.69) is 5.32 Å². The van der Waals surface area contributed by atoms with Crippen molar-refractivity contribution in [2.75, 3.05) is 18.6 Å². The summed E-state index contributed by atoms with van der Waals surface area (Å²) in [7, 11) is -5.83. The molecule has 1 saturated heterocycles. The minimum absolute atomic E-state index is 0.0886. The molecule has 1 aromatic rings.